The molecule has 8 heteroatoms. The number of nitrogens with one attached hydrogen (secondary N) is 1. The van der Waals surface area contributed by atoms with Crippen molar-refractivity contribution in [2.45, 2.75) is 45.8 Å². The number of carbonyl (C=O) groups excluding carboxylic acids is 2. The van der Waals surface area contributed by atoms with Gasteiger partial charge in [0.1, 0.15) is 23.7 Å². The number of ether oxygens (including phenoxy) is 2. The third-order valence-corrected chi connectivity index (χ3v) is 5.59. The lowest BCUT2D eigenvalue weighted by atomic mass is 9.99. The van der Waals surface area contributed by atoms with Crippen LogP contribution in [0.15, 0.2) is 42.5 Å². The van der Waals surface area contributed by atoms with Crippen molar-refractivity contribution >= 4 is 11.8 Å². The maximum atomic E-state index is 13.9. The van der Waals surface area contributed by atoms with Crippen molar-refractivity contribution in [3.05, 3.63) is 59.7 Å². The van der Waals surface area contributed by atoms with Gasteiger partial charge in [0.15, 0.2) is 11.6 Å². The highest BCUT2D eigenvalue weighted by Gasteiger charge is 2.32. The molecular formula is C25H30F2N2O4. The van der Waals surface area contributed by atoms with Gasteiger partial charge in [-0.1, -0.05) is 13.8 Å². The minimum atomic E-state index is -0.745. The van der Waals surface area contributed by atoms with Crippen LogP contribution in [0.5, 0.6) is 11.5 Å². The summed E-state index contributed by atoms with van der Waals surface area (Å²) < 4.78 is 38.0. The van der Waals surface area contributed by atoms with E-state index in [9.17, 15) is 18.4 Å². The first-order valence-electron chi connectivity index (χ1n) is 11.2. The molecule has 1 atom stereocenters. The first-order chi connectivity index (χ1) is 15.8. The zero-order valence-corrected chi connectivity index (χ0v) is 19.1. The van der Waals surface area contributed by atoms with Crippen molar-refractivity contribution in [2.24, 2.45) is 5.92 Å². The predicted octanol–water partition coefficient (Wildman–Crippen LogP) is 4.19. The van der Waals surface area contributed by atoms with Crippen LogP contribution in [0, 0.1) is 17.6 Å². The van der Waals surface area contributed by atoms with Crippen LogP contribution in [0.4, 0.5) is 8.78 Å². The zero-order valence-electron chi connectivity index (χ0n) is 19.1. The Morgan fingerprint density at radius 2 is 1.76 bits per heavy atom. The number of carbonyl (C=O) groups is 2. The molecule has 2 amide bonds. The smallest absolute Gasteiger partial charge is 0.251 e. The molecule has 1 N–H and O–H groups in total. The van der Waals surface area contributed by atoms with E-state index in [0.717, 1.165) is 12.1 Å². The molecule has 0 aliphatic carbocycles. The molecule has 0 saturated carbocycles. The quantitative estimate of drug-likeness (QED) is 0.642. The summed E-state index contributed by atoms with van der Waals surface area (Å²) in [7, 11) is 0. The molecule has 6 nitrogen and oxygen atoms in total. The average molecular weight is 461 g/mol. The summed E-state index contributed by atoms with van der Waals surface area (Å²) in [6.07, 6.45) is 0.755. The summed E-state index contributed by atoms with van der Waals surface area (Å²) in [5.74, 6) is -1.31. The molecule has 33 heavy (non-hydrogen) atoms. The number of hydrogen-bond donors (Lipinski definition) is 1. The third-order valence-electron chi connectivity index (χ3n) is 5.59. The second-order valence-corrected chi connectivity index (χ2v) is 8.37. The van der Waals surface area contributed by atoms with Crippen LogP contribution < -0.4 is 14.8 Å². The molecule has 0 aromatic heterocycles. The number of hydrogen-bond acceptors (Lipinski definition) is 4. The second kappa shape index (κ2) is 11.1. The minimum Gasteiger partial charge on any atom is -0.494 e. The number of rotatable bonds is 8. The maximum absolute atomic E-state index is 13.9. The highest BCUT2D eigenvalue weighted by Crippen LogP contribution is 2.23. The minimum absolute atomic E-state index is 0.00357. The Labute approximate surface area is 192 Å². The van der Waals surface area contributed by atoms with Crippen molar-refractivity contribution in [1.82, 2.24) is 10.2 Å². The van der Waals surface area contributed by atoms with Crippen LogP contribution in [0.3, 0.4) is 0 Å². The molecule has 1 unspecified atom stereocenters. The van der Waals surface area contributed by atoms with Gasteiger partial charge in [-0.05, 0) is 49.2 Å². The van der Waals surface area contributed by atoms with E-state index in [1.165, 1.54) is 6.07 Å². The lowest BCUT2D eigenvalue weighted by Crippen LogP contribution is -2.53. The molecule has 0 radical (unpaired) electrons. The third kappa shape index (κ3) is 6.43. The van der Waals surface area contributed by atoms with Gasteiger partial charge in [0.05, 0.1) is 6.61 Å². The van der Waals surface area contributed by atoms with E-state index in [0.29, 0.717) is 43.9 Å². The molecular weight excluding hydrogens is 430 g/mol. The Balaban J connectivity index is 1.57. The van der Waals surface area contributed by atoms with Crippen molar-refractivity contribution < 1.29 is 27.8 Å². The fraction of sp³-hybridized carbons (Fsp3) is 0.440. The Bertz CT molecular complexity index is 957. The molecule has 2 aromatic rings. The lowest BCUT2D eigenvalue weighted by Gasteiger charge is -2.35. The van der Waals surface area contributed by atoms with E-state index in [1.54, 1.807) is 29.2 Å². The Morgan fingerprint density at radius 1 is 1.09 bits per heavy atom. The van der Waals surface area contributed by atoms with Crippen LogP contribution in [0.2, 0.25) is 0 Å². The van der Waals surface area contributed by atoms with Gasteiger partial charge in [-0.2, -0.15) is 0 Å². The first-order valence-corrected chi connectivity index (χ1v) is 11.2. The van der Waals surface area contributed by atoms with Crippen LogP contribution in [0.25, 0.3) is 0 Å². The number of piperidine rings is 1. The monoisotopic (exact) mass is 460 g/mol. The Kier molecular flexibility index (Phi) is 8.25. The van der Waals surface area contributed by atoms with E-state index in [-0.39, 0.29) is 29.6 Å². The number of halogens is 2. The second-order valence-electron chi connectivity index (χ2n) is 8.37. The number of amides is 2. The van der Waals surface area contributed by atoms with Gasteiger partial charge in [0, 0.05) is 37.6 Å². The fourth-order valence-corrected chi connectivity index (χ4v) is 3.75. The molecule has 1 heterocycles. The Morgan fingerprint density at radius 3 is 2.33 bits per heavy atom. The molecule has 1 saturated heterocycles. The number of likely N-dealkylation sites (tertiary alicyclic amines) is 1. The summed E-state index contributed by atoms with van der Waals surface area (Å²) in [5.41, 5.74) is 0.449. The van der Waals surface area contributed by atoms with Crippen molar-refractivity contribution in [2.75, 3.05) is 19.7 Å². The van der Waals surface area contributed by atoms with Gasteiger partial charge in [-0.15, -0.1) is 0 Å². The Hall–Kier alpha value is -3.16. The topological polar surface area (TPSA) is 67.9 Å². The fourth-order valence-electron chi connectivity index (χ4n) is 3.75. The summed E-state index contributed by atoms with van der Waals surface area (Å²) in [4.78, 5) is 27.6. The van der Waals surface area contributed by atoms with E-state index < -0.39 is 17.7 Å². The normalized spacial score (nSPS) is 15.3. The number of nitrogens with zero attached hydrogens (tertiary/aromatic N) is 1. The van der Waals surface area contributed by atoms with Gasteiger partial charge in [-0.3, -0.25) is 9.59 Å². The highest BCUT2D eigenvalue weighted by atomic mass is 19.1. The molecule has 0 bridgehead atoms. The summed E-state index contributed by atoms with van der Waals surface area (Å²) >= 11 is 0. The molecule has 1 aliphatic rings. The predicted molar refractivity (Wildman–Crippen MR) is 120 cm³/mol. The molecule has 178 valence electrons. The standard InChI is InChI=1S/C25H30F2N2O4/c1-4-32-19-8-5-17(6-9-19)24(30)28-23(16(2)3)25(31)29-13-11-20(12-14-29)33-22-10-7-18(26)15-21(22)27/h5-10,15-16,20,23H,4,11-14H2,1-3H3,(H,28,30). The molecule has 0 spiro atoms. The van der Waals surface area contributed by atoms with Crippen molar-refractivity contribution in [1.29, 1.82) is 0 Å². The average Bonchev–Trinajstić information content (AvgIpc) is 2.80. The van der Waals surface area contributed by atoms with Gasteiger partial charge in [0.25, 0.3) is 5.91 Å². The maximum Gasteiger partial charge on any atom is 0.251 e. The molecule has 1 aliphatic heterocycles. The zero-order chi connectivity index (χ0) is 24.0. The van der Waals surface area contributed by atoms with Gasteiger partial charge < -0.3 is 19.7 Å². The van der Waals surface area contributed by atoms with Crippen LogP contribution >= 0.6 is 0 Å². The molecule has 1 fully saturated rings. The van der Waals surface area contributed by atoms with Crippen molar-refractivity contribution in [3.63, 3.8) is 0 Å². The summed E-state index contributed by atoms with van der Waals surface area (Å²) in [6.45, 7) is 7.04. The van der Waals surface area contributed by atoms with E-state index in [2.05, 4.69) is 5.32 Å². The van der Waals surface area contributed by atoms with Gasteiger partial charge in [0.2, 0.25) is 5.91 Å². The summed E-state index contributed by atoms with van der Waals surface area (Å²) in [6, 6.07) is 9.31. The SMILES string of the molecule is CCOc1ccc(C(=O)NC(C(=O)N2CCC(Oc3ccc(F)cc3F)CC2)C(C)C)cc1. The largest absolute Gasteiger partial charge is 0.494 e. The van der Waals surface area contributed by atoms with E-state index in [1.807, 2.05) is 20.8 Å². The van der Waals surface area contributed by atoms with Crippen molar-refractivity contribution in [3.8, 4) is 11.5 Å². The number of benzene rings is 2. The van der Waals surface area contributed by atoms with Gasteiger partial charge in [-0.25, -0.2) is 8.78 Å². The van der Waals surface area contributed by atoms with Crippen LogP contribution in [-0.2, 0) is 4.79 Å². The van der Waals surface area contributed by atoms with Gasteiger partial charge >= 0.3 is 0 Å². The summed E-state index contributed by atoms with van der Waals surface area (Å²) in [5, 5.41) is 2.86. The lowest BCUT2D eigenvalue weighted by molar-refractivity contribution is -0.136. The highest BCUT2D eigenvalue weighted by molar-refractivity contribution is 5.97. The van der Waals surface area contributed by atoms with E-state index in [4.69, 9.17) is 9.47 Å². The molecule has 3 rings (SSSR count). The first kappa shape index (κ1) is 24.5. The molecule has 2 aromatic carbocycles. The van der Waals surface area contributed by atoms with Crippen LogP contribution in [-0.4, -0.2) is 48.6 Å². The van der Waals surface area contributed by atoms with Crippen LogP contribution in [0.1, 0.15) is 44.0 Å². The van der Waals surface area contributed by atoms with E-state index >= 15 is 0 Å².